The van der Waals surface area contributed by atoms with Gasteiger partial charge >= 0.3 is 0 Å². The molecule has 0 atom stereocenters. The minimum absolute atomic E-state index is 0.0353. The molecule has 0 radical (unpaired) electrons. The summed E-state index contributed by atoms with van der Waals surface area (Å²) in [6.07, 6.45) is 18.3. The molecule has 5 heteroatoms. The van der Waals surface area contributed by atoms with Gasteiger partial charge in [0.15, 0.2) is 0 Å². The van der Waals surface area contributed by atoms with Crippen LogP contribution in [0, 0.1) is 0 Å². The maximum Gasteiger partial charge on any atom is 0.115 e. The highest BCUT2D eigenvalue weighted by Crippen LogP contribution is 2.33. The summed E-state index contributed by atoms with van der Waals surface area (Å²) in [7, 11) is 0. The van der Waals surface area contributed by atoms with Crippen molar-refractivity contribution in [2.75, 3.05) is 32.8 Å². The number of hydrazine groups is 1. The van der Waals surface area contributed by atoms with Crippen LogP contribution in [0.5, 0.6) is 5.75 Å². The van der Waals surface area contributed by atoms with Crippen LogP contribution in [0.2, 0.25) is 0 Å². The number of hydrogen-bond donors (Lipinski definition) is 3. The predicted octanol–water partition coefficient (Wildman–Crippen LogP) is 5.66. The average Bonchev–Trinajstić information content (AvgIpc) is 2.80. The molecule has 5 nitrogen and oxygen atoms in total. The molecular weight excluding hydrogens is 412 g/mol. The molecule has 1 aromatic carbocycles. The summed E-state index contributed by atoms with van der Waals surface area (Å²) < 4.78 is 0. The molecule has 0 saturated heterocycles. The van der Waals surface area contributed by atoms with Crippen LogP contribution in [0.4, 0.5) is 0 Å². The molecule has 0 aromatic heterocycles. The topological polar surface area (TPSA) is 67.2 Å². The second-order valence-corrected chi connectivity index (χ2v) is 9.19. The molecule has 1 aliphatic rings. The Labute approximate surface area is 201 Å². The molecular formula is C28H46N2O3. The smallest absolute Gasteiger partial charge is 0.115 e. The lowest BCUT2D eigenvalue weighted by atomic mass is 9.94. The van der Waals surface area contributed by atoms with Gasteiger partial charge in [0.1, 0.15) is 5.75 Å². The first-order valence-electron chi connectivity index (χ1n) is 13.1. The summed E-state index contributed by atoms with van der Waals surface area (Å²) in [5.74, 6) is 0.305. The Balaban J connectivity index is 2.01. The van der Waals surface area contributed by atoms with E-state index >= 15 is 0 Å². The molecule has 2 rings (SSSR count). The zero-order valence-electron chi connectivity index (χ0n) is 20.9. The Morgan fingerprint density at radius 1 is 0.879 bits per heavy atom. The lowest BCUT2D eigenvalue weighted by molar-refractivity contribution is 0.0115. The maximum atomic E-state index is 10.2. The first-order chi connectivity index (χ1) is 16.1. The fraction of sp³-hybridized carbons (Fsp3) is 0.643. The molecule has 0 bridgehead atoms. The van der Waals surface area contributed by atoms with E-state index in [0.717, 1.165) is 35.2 Å². The van der Waals surface area contributed by atoms with Gasteiger partial charge in [0.05, 0.1) is 25.5 Å². The highest BCUT2D eigenvalue weighted by molar-refractivity contribution is 5.73. The molecule has 1 heterocycles. The van der Waals surface area contributed by atoms with E-state index in [4.69, 9.17) is 0 Å². The molecule has 0 fully saturated rings. The molecule has 33 heavy (non-hydrogen) atoms. The lowest BCUT2D eigenvalue weighted by Gasteiger charge is -2.40. The number of aryl methyl sites for hydroxylation is 1. The van der Waals surface area contributed by atoms with Crippen molar-refractivity contribution in [3.63, 3.8) is 0 Å². The van der Waals surface area contributed by atoms with Gasteiger partial charge in [-0.1, -0.05) is 76.9 Å². The second kappa shape index (κ2) is 15.9. The van der Waals surface area contributed by atoms with E-state index < -0.39 is 0 Å². The Hall–Kier alpha value is -1.82. The highest BCUT2D eigenvalue weighted by atomic mass is 16.3. The fourth-order valence-electron chi connectivity index (χ4n) is 4.72. The van der Waals surface area contributed by atoms with Gasteiger partial charge in [-0.05, 0) is 49.1 Å². The van der Waals surface area contributed by atoms with Crippen LogP contribution in [-0.4, -0.2) is 58.2 Å². The normalized spacial score (nSPS) is 14.0. The van der Waals surface area contributed by atoms with Crippen LogP contribution >= 0.6 is 0 Å². The van der Waals surface area contributed by atoms with E-state index in [9.17, 15) is 15.3 Å². The molecule has 1 aromatic rings. The summed E-state index contributed by atoms with van der Waals surface area (Å²) in [6, 6.07) is 5.68. The van der Waals surface area contributed by atoms with Crippen LogP contribution in [0.1, 0.15) is 89.2 Å². The van der Waals surface area contributed by atoms with Crippen LogP contribution in [0.3, 0.4) is 0 Å². The Kier molecular flexibility index (Phi) is 13.2. The maximum absolute atomic E-state index is 10.2. The van der Waals surface area contributed by atoms with E-state index in [1.54, 1.807) is 6.07 Å². The summed E-state index contributed by atoms with van der Waals surface area (Å²) >= 11 is 0. The zero-order chi connectivity index (χ0) is 23.9. The zero-order valence-corrected chi connectivity index (χ0v) is 20.9. The first-order valence-corrected chi connectivity index (χ1v) is 13.1. The SMILES string of the molecule is CCCCCCCCCCCCc1cc(O)ccc1C1=C(C)C=CCN1N(CCO)CCO. The lowest BCUT2D eigenvalue weighted by Crippen LogP contribution is -2.45. The third-order valence-corrected chi connectivity index (χ3v) is 6.48. The van der Waals surface area contributed by atoms with Crippen LogP contribution in [-0.2, 0) is 6.42 Å². The number of unbranched alkanes of at least 4 members (excludes halogenated alkanes) is 9. The summed E-state index contributed by atoms with van der Waals surface area (Å²) in [4.78, 5) is 0. The third kappa shape index (κ3) is 9.15. The standard InChI is InChI=1S/C28H46N2O3/c1-3-4-5-6-7-8-9-10-11-12-15-25-23-26(33)16-17-27(25)28-24(2)14-13-18-30(28)29(19-21-31)20-22-32/h13-14,16-17,23,31-33H,3-12,15,18-22H2,1-2H3. The number of rotatable bonds is 17. The largest absolute Gasteiger partial charge is 0.508 e. The van der Waals surface area contributed by atoms with Crippen molar-refractivity contribution in [3.05, 3.63) is 47.1 Å². The highest BCUT2D eigenvalue weighted by Gasteiger charge is 2.24. The summed E-state index contributed by atoms with van der Waals surface area (Å²) in [5, 5.41) is 33.5. The Bertz CT molecular complexity index is 739. The number of phenolic OH excluding ortho intramolecular Hbond substituents is 1. The Morgan fingerprint density at radius 2 is 1.48 bits per heavy atom. The number of nitrogens with zero attached hydrogens (tertiary/aromatic N) is 2. The van der Waals surface area contributed by atoms with Crippen molar-refractivity contribution < 1.29 is 15.3 Å². The van der Waals surface area contributed by atoms with Gasteiger partial charge in [0.25, 0.3) is 0 Å². The fourth-order valence-corrected chi connectivity index (χ4v) is 4.72. The number of aliphatic hydroxyl groups excluding tert-OH is 2. The molecule has 0 unspecified atom stereocenters. The van der Waals surface area contributed by atoms with E-state index in [-0.39, 0.29) is 13.2 Å². The summed E-state index contributed by atoms with van der Waals surface area (Å²) in [5.41, 5.74) is 4.54. The van der Waals surface area contributed by atoms with E-state index in [2.05, 4.69) is 31.0 Å². The number of benzene rings is 1. The quantitative estimate of drug-likeness (QED) is 0.263. The van der Waals surface area contributed by atoms with Gasteiger partial charge in [-0.15, -0.1) is 0 Å². The van der Waals surface area contributed by atoms with E-state index in [1.807, 2.05) is 17.1 Å². The number of aliphatic hydroxyl groups is 2. The van der Waals surface area contributed by atoms with Crippen LogP contribution in [0.25, 0.3) is 5.70 Å². The van der Waals surface area contributed by atoms with Crippen molar-refractivity contribution in [2.24, 2.45) is 0 Å². The van der Waals surface area contributed by atoms with Crippen molar-refractivity contribution in [1.82, 2.24) is 10.0 Å². The molecule has 3 N–H and O–H groups in total. The molecule has 0 spiro atoms. The number of allylic oxidation sites excluding steroid dienone is 2. The minimum Gasteiger partial charge on any atom is -0.508 e. The molecule has 1 aliphatic heterocycles. The molecule has 0 aliphatic carbocycles. The molecule has 0 saturated carbocycles. The van der Waals surface area contributed by atoms with Gasteiger partial charge in [-0.25, -0.2) is 5.01 Å². The minimum atomic E-state index is 0.0353. The predicted molar refractivity (Wildman–Crippen MR) is 138 cm³/mol. The van der Waals surface area contributed by atoms with Gasteiger partial charge in [0, 0.05) is 18.7 Å². The van der Waals surface area contributed by atoms with Gasteiger partial charge in [0.2, 0.25) is 0 Å². The number of phenols is 1. The van der Waals surface area contributed by atoms with Gasteiger partial charge < -0.3 is 20.3 Å². The second-order valence-electron chi connectivity index (χ2n) is 9.19. The van der Waals surface area contributed by atoms with Gasteiger partial charge in [-0.2, -0.15) is 0 Å². The van der Waals surface area contributed by atoms with E-state index in [1.165, 1.54) is 57.8 Å². The molecule has 0 amide bonds. The van der Waals surface area contributed by atoms with Crippen LogP contribution < -0.4 is 0 Å². The van der Waals surface area contributed by atoms with Gasteiger partial charge in [-0.3, -0.25) is 0 Å². The monoisotopic (exact) mass is 458 g/mol. The number of hydrogen-bond acceptors (Lipinski definition) is 5. The molecule has 186 valence electrons. The van der Waals surface area contributed by atoms with Crippen molar-refractivity contribution in [1.29, 1.82) is 0 Å². The average molecular weight is 459 g/mol. The van der Waals surface area contributed by atoms with Crippen molar-refractivity contribution >= 4 is 5.70 Å². The number of aromatic hydroxyl groups is 1. The van der Waals surface area contributed by atoms with Crippen LogP contribution in [0.15, 0.2) is 35.9 Å². The Morgan fingerprint density at radius 3 is 2.09 bits per heavy atom. The van der Waals surface area contributed by atoms with Crippen molar-refractivity contribution in [2.45, 2.75) is 84.5 Å². The van der Waals surface area contributed by atoms with Crippen molar-refractivity contribution in [3.8, 4) is 5.75 Å². The third-order valence-electron chi connectivity index (χ3n) is 6.48. The van der Waals surface area contributed by atoms with E-state index in [0.29, 0.717) is 25.4 Å². The summed E-state index contributed by atoms with van der Waals surface area (Å²) in [6.45, 7) is 6.07. The first kappa shape index (κ1) is 27.4.